The number of nitrogens with zero attached hydrogens (tertiary/aromatic N) is 3. The molecular formula is C18H27N3O2. The van der Waals surface area contributed by atoms with E-state index in [0.29, 0.717) is 12.1 Å². The van der Waals surface area contributed by atoms with Crippen LogP contribution in [0.4, 0.5) is 0 Å². The highest BCUT2D eigenvalue weighted by molar-refractivity contribution is 5.74. The number of aryl methyl sites for hydroxylation is 1. The Kier molecular flexibility index (Phi) is 4.14. The lowest BCUT2D eigenvalue weighted by Crippen LogP contribution is -2.47. The van der Waals surface area contributed by atoms with Gasteiger partial charge in [-0.1, -0.05) is 5.16 Å². The van der Waals surface area contributed by atoms with Crippen LogP contribution in [0.15, 0.2) is 4.52 Å². The van der Waals surface area contributed by atoms with Crippen molar-refractivity contribution in [3.63, 3.8) is 0 Å². The summed E-state index contributed by atoms with van der Waals surface area (Å²) in [6, 6.07) is 0.898. The Morgan fingerprint density at radius 1 is 1.13 bits per heavy atom. The number of carbonyl (C=O) groups excluding carboxylic acids is 1. The molecule has 0 bridgehead atoms. The van der Waals surface area contributed by atoms with Crippen molar-refractivity contribution in [1.82, 2.24) is 15.0 Å². The maximum Gasteiger partial charge on any atom is 0.219 e. The third-order valence-electron chi connectivity index (χ3n) is 5.95. The molecule has 0 unspecified atom stereocenters. The van der Waals surface area contributed by atoms with Crippen molar-refractivity contribution in [2.45, 2.75) is 76.9 Å². The number of aromatic nitrogens is 1. The van der Waals surface area contributed by atoms with Gasteiger partial charge >= 0.3 is 0 Å². The topological polar surface area (TPSA) is 49.6 Å². The molecule has 1 aliphatic carbocycles. The molecule has 1 aromatic heterocycles. The summed E-state index contributed by atoms with van der Waals surface area (Å²) in [6.45, 7) is 4.66. The van der Waals surface area contributed by atoms with Crippen LogP contribution in [-0.2, 0) is 24.2 Å². The molecule has 2 atom stereocenters. The monoisotopic (exact) mass is 317 g/mol. The van der Waals surface area contributed by atoms with Crippen molar-refractivity contribution in [1.29, 1.82) is 0 Å². The molecule has 0 spiro atoms. The van der Waals surface area contributed by atoms with Crippen LogP contribution in [0.1, 0.15) is 62.5 Å². The lowest BCUT2D eigenvalue weighted by atomic mass is 9.96. The minimum Gasteiger partial charge on any atom is -0.361 e. The first-order valence-corrected chi connectivity index (χ1v) is 9.21. The highest BCUT2D eigenvalue weighted by atomic mass is 16.5. The van der Waals surface area contributed by atoms with E-state index < -0.39 is 0 Å². The molecule has 3 aliphatic rings. The molecule has 0 radical (unpaired) electrons. The second-order valence-corrected chi connectivity index (χ2v) is 7.34. The van der Waals surface area contributed by atoms with Gasteiger partial charge < -0.3 is 9.42 Å². The molecule has 2 fully saturated rings. The van der Waals surface area contributed by atoms with Crippen LogP contribution < -0.4 is 0 Å². The normalized spacial score (nSPS) is 28.3. The zero-order valence-corrected chi connectivity index (χ0v) is 14.1. The van der Waals surface area contributed by atoms with E-state index in [4.69, 9.17) is 4.52 Å². The van der Waals surface area contributed by atoms with Gasteiger partial charge in [0.25, 0.3) is 0 Å². The first-order chi connectivity index (χ1) is 11.2. The maximum absolute atomic E-state index is 11.9. The summed E-state index contributed by atoms with van der Waals surface area (Å²) in [6.07, 6.45) is 9.38. The molecule has 2 saturated heterocycles. The summed E-state index contributed by atoms with van der Waals surface area (Å²) < 4.78 is 5.58. The van der Waals surface area contributed by atoms with Gasteiger partial charge in [-0.05, 0) is 51.5 Å². The Labute approximate surface area is 138 Å². The number of rotatable bonds is 3. The van der Waals surface area contributed by atoms with Crippen LogP contribution >= 0.6 is 0 Å². The van der Waals surface area contributed by atoms with E-state index in [1.165, 1.54) is 31.2 Å². The van der Waals surface area contributed by atoms with E-state index >= 15 is 0 Å². The van der Waals surface area contributed by atoms with Crippen LogP contribution in [-0.4, -0.2) is 46.0 Å². The lowest BCUT2D eigenvalue weighted by molar-refractivity contribution is -0.130. The Morgan fingerprint density at radius 2 is 1.91 bits per heavy atom. The first-order valence-electron chi connectivity index (χ1n) is 9.21. The number of fused-ring (bicyclic) bond motifs is 1. The average Bonchev–Trinajstić information content (AvgIpc) is 3.26. The molecule has 5 heteroatoms. The van der Waals surface area contributed by atoms with Crippen LogP contribution in [0.25, 0.3) is 0 Å². The summed E-state index contributed by atoms with van der Waals surface area (Å²) in [4.78, 5) is 16.6. The first kappa shape index (κ1) is 15.2. The standard InChI is InChI=1S/C18H27N3O2/c1-13(22)21-11-5-8-17(21)16-7-4-10-20(16)12-15-14-6-2-3-9-18(14)23-19-15/h16-17H,2-12H2,1H3/t16-,17+/m1/s1. The summed E-state index contributed by atoms with van der Waals surface area (Å²) in [5, 5.41) is 4.38. The Balaban J connectivity index is 1.50. The summed E-state index contributed by atoms with van der Waals surface area (Å²) >= 11 is 0. The van der Waals surface area contributed by atoms with Gasteiger partial charge in [0.15, 0.2) is 0 Å². The molecular weight excluding hydrogens is 290 g/mol. The van der Waals surface area contributed by atoms with E-state index in [1.807, 2.05) is 0 Å². The van der Waals surface area contributed by atoms with E-state index in [0.717, 1.165) is 56.8 Å². The molecule has 23 heavy (non-hydrogen) atoms. The molecule has 0 N–H and O–H groups in total. The van der Waals surface area contributed by atoms with Gasteiger partial charge in [-0.25, -0.2) is 0 Å². The highest BCUT2D eigenvalue weighted by Gasteiger charge is 2.39. The minimum absolute atomic E-state index is 0.234. The van der Waals surface area contributed by atoms with Gasteiger partial charge in [-0.3, -0.25) is 9.69 Å². The molecule has 0 aromatic carbocycles. The van der Waals surface area contributed by atoms with Crippen LogP contribution in [0.5, 0.6) is 0 Å². The van der Waals surface area contributed by atoms with Gasteiger partial charge in [0.1, 0.15) is 11.5 Å². The lowest BCUT2D eigenvalue weighted by Gasteiger charge is -2.34. The zero-order chi connectivity index (χ0) is 15.8. The molecule has 2 aliphatic heterocycles. The molecule has 5 nitrogen and oxygen atoms in total. The maximum atomic E-state index is 11.9. The van der Waals surface area contributed by atoms with Crippen LogP contribution in [0, 0.1) is 0 Å². The Hall–Kier alpha value is -1.36. The summed E-state index contributed by atoms with van der Waals surface area (Å²) in [7, 11) is 0. The molecule has 3 heterocycles. The molecule has 0 saturated carbocycles. The fourth-order valence-corrected chi connectivity index (χ4v) is 4.83. The number of hydrogen-bond acceptors (Lipinski definition) is 4. The zero-order valence-electron chi connectivity index (χ0n) is 14.1. The third kappa shape index (κ3) is 2.80. The van der Waals surface area contributed by atoms with Crippen molar-refractivity contribution in [2.75, 3.05) is 13.1 Å². The molecule has 4 rings (SSSR count). The molecule has 126 valence electrons. The number of hydrogen-bond donors (Lipinski definition) is 0. The SMILES string of the molecule is CC(=O)N1CCC[C@H]1[C@H]1CCCN1Cc1noc2c1CCCC2. The molecule has 1 aromatic rings. The predicted octanol–water partition coefficient (Wildman–Crippen LogP) is 2.53. The van der Waals surface area contributed by atoms with Crippen molar-refractivity contribution in [3.8, 4) is 0 Å². The van der Waals surface area contributed by atoms with Crippen molar-refractivity contribution >= 4 is 5.91 Å². The predicted molar refractivity (Wildman–Crippen MR) is 87.0 cm³/mol. The Bertz CT molecular complexity index is 583. The number of carbonyl (C=O) groups is 1. The van der Waals surface area contributed by atoms with Crippen molar-refractivity contribution in [2.24, 2.45) is 0 Å². The van der Waals surface area contributed by atoms with Crippen molar-refractivity contribution < 1.29 is 9.32 Å². The minimum atomic E-state index is 0.234. The Morgan fingerprint density at radius 3 is 2.78 bits per heavy atom. The van der Waals surface area contributed by atoms with E-state index in [9.17, 15) is 4.79 Å². The fourth-order valence-electron chi connectivity index (χ4n) is 4.83. The van der Waals surface area contributed by atoms with Crippen LogP contribution in [0.2, 0.25) is 0 Å². The quantitative estimate of drug-likeness (QED) is 0.859. The van der Waals surface area contributed by atoms with E-state index in [-0.39, 0.29) is 5.91 Å². The number of likely N-dealkylation sites (tertiary alicyclic amines) is 2. The highest BCUT2D eigenvalue weighted by Crippen LogP contribution is 2.32. The van der Waals surface area contributed by atoms with Gasteiger partial charge in [-0.15, -0.1) is 0 Å². The summed E-state index contributed by atoms with van der Waals surface area (Å²) in [5.74, 6) is 1.35. The summed E-state index contributed by atoms with van der Waals surface area (Å²) in [5.41, 5.74) is 2.52. The third-order valence-corrected chi connectivity index (χ3v) is 5.95. The second kappa shape index (κ2) is 6.27. The van der Waals surface area contributed by atoms with Gasteiger partial charge in [0.2, 0.25) is 5.91 Å². The fraction of sp³-hybridized carbons (Fsp3) is 0.778. The largest absolute Gasteiger partial charge is 0.361 e. The number of amides is 1. The smallest absolute Gasteiger partial charge is 0.219 e. The van der Waals surface area contributed by atoms with Crippen LogP contribution in [0.3, 0.4) is 0 Å². The van der Waals surface area contributed by atoms with E-state index in [2.05, 4.69) is 15.0 Å². The van der Waals surface area contributed by atoms with Gasteiger partial charge in [0.05, 0.1) is 0 Å². The van der Waals surface area contributed by atoms with E-state index in [1.54, 1.807) is 6.92 Å². The van der Waals surface area contributed by atoms with Gasteiger partial charge in [-0.2, -0.15) is 0 Å². The average molecular weight is 317 g/mol. The molecule has 1 amide bonds. The van der Waals surface area contributed by atoms with Gasteiger partial charge in [0, 0.05) is 44.1 Å². The second-order valence-electron chi connectivity index (χ2n) is 7.34. The van der Waals surface area contributed by atoms with Crippen molar-refractivity contribution in [3.05, 3.63) is 17.0 Å².